The van der Waals surface area contributed by atoms with Crippen LogP contribution < -0.4 is 11.1 Å². The fourth-order valence-electron chi connectivity index (χ4n) is 3.47. The van der Waals surface area contributed by atoms with Gasteiger partial charge in [-0.3, -0.25) is 24.4 Å². The number of carbonyl (C=O) groups is 4. The molecule has 13 heteroatoms. The summed E-state index contributed by atoms with van der Waals surface area (Å²) in [6, 6.07) is 4.15. The maximum absolute atomic E-state index is 13.3. The summed E-state index contributed by atoms with van der Waals surface area (Å²) in [7, 11) is -2.13. The highest BCUT2D eigenvalue weighted by Gasteiger charge is 2.38. The molecule has 4 N–H and O–H groups in total. The number of nitrogens with zero attached hydrogens (tertiary/aromatic N) is 3. The normalized spacial score (nSPS) is 13.2. The van der Waals surface area contributed by atoms with Crippen molar-refractivity contribution in [2.45, 2.75) is 84.8 Å². The molecule has 2 aromatic rings. The van der Waals surface area contributed by atoms with Gasteiger partial charge in [-0.1, -0.05) is 20.8 Å². The molecule has 0 bridgehead atoms. The number of aliphatic carboxylic acids is 1. The Balaban J connectivity index is 2.33. The molecule has 0 aliphatic carbocycles. The Morgan fingerprint density at radius 3 is 2.28 bits per heavy atom. The average molecular weight is 564 g/mol. The van der Waals surface area contributed by atoms with E-state index in [-0.39, 0.29) is 23.9 Å². The van der Waals surface area contributed by atoms with Gasteiger partial charge >= 0.3 is 12.1 Å². The Labute approximate surface area is 229 Å². The maximum atomic E-state index is 13.3. The highest BCUT2D eigenvalue weighted by atomic mass is 28.4. The number of hydrogen-bond donors (Lipinski definition) is 3. The number of aromatic nitrogens is 2. The first-order chi connectivity index (χ1) is 17.7. The smallest absolute Gasteiger partial charge is 0.412 e. The van der Waals surface area contributed by atoms with Gasteiger partial charge in [-0.2, -0.15) is 5.10 Å². The minimum atomic E-state index is -2.13. The highest BCUT2D eigenvalue weighted by molar-refractivity contribution is 6.74. The van der Waals surface area contributed by atoms with Gasteiger partial charge in [0, 0.05) is 11.1 Å². The largest absolute Gasteiger partial charge is 0.480 e. The second-order valence-corrected chi connectivity index (χ2v) is 16.9. The molecule has 216 valence electrons. The van der Waals surface area contributed by atoms with Crippen LogP contribution in [0.2, 0.25) is 18.1 Å². The predicted octanol–water partition coefficient (Wildman–Crippen LogP) is 3.81. The second kappa shape index (κ2) is 11.7. The van der Waals surface area contributed by atoms with E-state index in [9.17, 15) is 24.3 Å². The summed E-state index contributed by atoms with van der Waals surface area (Å²) < 4.78 is 12.8. The van der Waals surface area contributed by atoms with Crippen LogP contribution in [0.5, 0.6) is 0 Å². The molecule has 2 rings (SSSR count). The zero-order chi connectivity index (χ0) is 29.9. The lowest BCUT2D eigenvalue weighted by atomic mass is 10.1. The fourth-order valence-corrected chi connectivity index (χ4v) is 4.56. The molecule has 0 fully saturated rings. The zero-order valence-corrected chi connectivity index (χ0v) is 25.2. The van der Waals surface area contributed by atoms with E-state index in [1.54, 1.807) is 39.8 Å². The molecule has 0 aliphatic heterocycles. The van der Waals surface area contributed by atoms with E-state index in [1.807, 2.05) is 0 Å². The number of carboxylic acids is 1. The van der Waals surface area contributed by atoms with Gasteiger partial charge < -0.3 is 24.9 Å². The van der Waals surface area contributed by atoms with Crippen LogP contribution in [0.15, 0.2) is 18.2 Å². The van der Waals surface area contributed by atoms with Crippen molar-refractivity contribution in [3.05, 3.63) is 23.9 Å². The molecule has 0 aliphatic rings. The molecular weight excluding hydrogens is 522 g/mol. The number of ether oxygens (including phenoxy) is 1. The summed E-state index contributed by atoms with van der Waals surface area (Å²) in [5.74, 6) is -2.50. The Morgan fingerprint density at radius 2 is 1.77 bits per heavy atom. The third kappa shape index (κ3) is 8.52. The summed E-state index contributed by atoms with van der Waals surface area (Å²) in [4.78, 5) is 50.5. The van der Waals surface area contributed by atoms with Gasteiger partial charge in [0.2, 0.25) is 5.91 Å². The van der Waals surface area contributed by atoms with Crippen LogP contribution in [-0.4, -0.2) is 76.8 Å². The quantitative estimate of drug-likeness (QED) is 0.367. The minimum absolute atomic E-state index is 0.0509. The van der Waals surface area contributed by atoms with Crippen molar-refractivity contribution >= 4 is 48.8 Å². The zero-order valence-electron chi connectivity index (χ0n) is 24.2. The number of nitrogens with one attached hydrogen (secondary N) is 1. The molecule has 3 amide bonds. The van der Waals surface area contributed by atoms with E-state index in [4.69, 9.17) is 14.9 Å². The first kappa shape index (κ1) is 31.8. The molecule has 0 saturated heterocycles. The van der Waals surface area contributed by atoms with Crippen LogP contribution in [-0.2, 0) is 25.3 Å². The van der Waals surface area contributed by atoms with Gasteiger partial charge in [0.15, 0.2) is 14.0 Å². The van der Waals surface area contributed by atoms with E-state index in [2.05, 4.69) is 44.3 Å². The molecule has 1 aromatic carbocycles. The summed E-state index contributed by atoms with van der Waals surface area (Å²) in [6.07, 6.45) is -0.678. The lowest BCUT2D eigenvalue weighted by Crippen LogP contribution is -2.49. The second-order valence-electron chi connectivity index (χ2n) is 12.1. The third-order valence-corrected chi connectivity index (χ3v) is 11.1. The highest BCUT2D eigenvalue weighted by Crippen LogP contribution is 2.36. The van der Waals surface area contributed by atoms with Crippen molar-refractivity contribution in [3.63, 3.8) is 0 Å². The van der Waals surface area contributed by atoms with E-state index in [1.165, 1.54) is 15.6 Å². The molecule has 39 heavy (non-hydrogen) atoms. The van der Waals surface area contributed by atoms with Crippen LogP contribution in [0, 0.1) is 0 Å². The summed E-state index contributed by atoms with van der Waals surface area (Å²) in [6.45, 7) is 16.7. The van der Waals surface area contributed by atoms with Gasteiger partial charge in [-0.25, -0.2) is 4.79 Å². The number of carbonyl (C=O) groups excluding carboxylic acids is 3. The van der Waals surface area contributed by atoms with Crippen molar-refractivity contribution in [2.75, 3.05) is 18.5 Å². The first-order valence-corrected chi connectivity index (χ1v) is 15.6. The molecule has 12 nitrogen and oxygen atoms in total. The number of rotatable bonds is 10. The number of carboxylic acid groups (broad SMARTS) is 1. The van der Waals surface area contributed by atoms with E-state index in [0.717, 1.165) is 0 Å². The Morgan fingerprint density at radius 1 is 1.15 bits per heavy atom. The average Bonchev–Trinajstić information content (AvgIpc) is 3.11. The van der Waals surface area contributed by atoms with Crippen LogP contribution in [0.1, 0.15) is 59.0 Å². The van der Waals surface area contributed by atoms with E-state index in [0.29, 0.717) is 16.6 Å². The SMILES string of the molecule is CC(CO[Si](C)(C)C(C)(C)C)N(CC(=O)O)C(=O)Cn1nc(C(N)=O)c2cc(NC(=O)OC(C)(C)C)ccc21. The predicted molar refractivity (Wildman–Crippen MR) is 150 cm³/mol. The monoisotopic (exact) mass is 563 g/mol. The summed E-state index contributed by atoms with van der Waals surface area (Å²) >= 11 is 0. The third-order valence-electron chi connectivity index (χ3n) is 6.56. The molecular formula is C26H41N5O7Si. The molecule has 1 heterocycles. The minimum Gasteiger partial charge on any atom is -0.480 e. The molecule has 1 unspecified atom stereocenters. The number of amides is 3. The Kier molecular flexibility index (Phi) is 9.56. The van der Waals surface area contributed by atoms with Crippen molar-refractivity contribution in [2.24, 2.45) is 5.73 Å². The lowest BCUT2D eigenvalue weighted by molar-refractivity contribution is -0.146. The van der Waals surface area contributed by atoms with Crippen molar-refractivity contribution in [1.82, 2.24) is 14.7 Å². The van der Waals surface area contributed by atoms with E-state index >= 15 is 0 Å². The number of nitrogens with two attached hydrogens (primary N) is 1. The number of hydrogen-bond acceptors (Lipinski definition) is 7. The van der Waals surface area contributed by atoms with Crippen LogP contribution in [0.25, 0.3) is 10.9 Å². The molecule has 1 atom stereocenters. The molecule has 0 radical (unpaired) electrons. The number of fused-ring (bicyclic) bond motifs is 1. The Hall–Kier alpha value is -3.45. The number of anilines is 1. The summed E-state index contributed by atoms with van der Waals surface area (Å²) in [5, 5.41) is 16.6. The topological polar surface area (TPSA) is 166 Å². The summed E-state index contributed by atoms with van der Waals surface area (Å²) in [5.41, 5.74) is 5.49. The maximum Gasteiger partial charge on any atom is 0.412 e. The molecule has 0 spiro atoms. The van der Waals surface area contributed by atoms with Crippen molar-refractivity contribution < 1.29 is 33.4 Å². The first-order valence-electron chi connectivity index (χ1n) is 12.7. The Bertz CT molecular complexity index is 1240. The van der Waals surface area contributed by atoms with Gasteiger partial charge in [-0.15, -0.1) is 0 Å². The molecule has 1 aromatic heterocycles. The van der Waals surface area contributed by atoms with E-state index < -0.39 is 50.4 Å². The fraction of sp³-hybridized carbons (Fsp3) is 0.577. The van der Waals surface area contributed by atoms with Gasteiger partial charge in [-0.05, 0) is 64.0 Å². The van der Waals surface area contributed by atoms with Crippen molar-refractivity contribution in [3.8, 4) is 0 Å². The van der Waals surface area contributed by atoms with Crippen LogP contribution in [0.4, 0.5) is 10.5 Å². The molecule has 0 saturated carbocycles. The standard InChI is InChI=1S/C26H41N5O7Si/c1-16(15-37-39(8,9)26(5,6)7)30(14-21(33)34)20(32)13-31-19-11-10-17(28-24(36)38-25(2,3)4)12-18(19)22(29-31)23(27)35/h10-12,16H,13-15H2,1-9H3,(H2,27,35)(H,28,36)(H,33,34). The van der Waals surface area contributed by atoms with Crippen LogP contribution >= 0.6 is 0 Å². The van der Waals surface area contributed by atoms with Crippen molar-refractivity contribution in [1.29, 1.82) is 0 Å². The number of benzene rings is 1. The van der Waals surface area contributed by atoms with Gasteiger partial charge in [0.1, 0.15) is 18.7 Å². The van der Waals surface area contributed by atoms with Gasteiger partial charge in [0.25, 0.3) is 5.91 Å². The number of primary amides is 1. The van der Waals surface area contributed by atoms with Gasteiger partial charge in [0.05, 0.1) is 18.2 Å². The van der Waals surface area contributed by atoms with Crippen LogP contribution in [0.3, 0.4) is 0 Å². The lowest BCUT2D eigenvalue weighted by Gasteiger charge is -2.38.